The molecular formula is C17H18ClNO5. The number of furan rings is 1. The van der Waals surface area contributed by atoms with E-state index in [9.17, 15) is 9.59 Å². The van der Waals surface area contributed by atoms with Crippen molar-refractivity contribution in [1.82, 2.24) is 4.90 Å². The molecule has 0 bridgehead atoms. The standard InChI is InChI=1S/C17H18ClNO5/c1-9-13-5-10(18)3-4-14(13)24-16(9)17(22)19-8-12(23-2)6-11(19)7-15(20)21/h3-5,11-12H,6-8H2,1-2H3,(H,20,21). The Morgan fingerprint density at radius 1 is 1.46 bits per heavy atom. The molecule has 2 atom stereocenters. The van der Waals surface area contributed by atoms with Gasteiger partial charge in [0.05, 0.1) is 12.5 Å². The zero-order valence-corrected chi connectivity index (χ0v) is 14.2. The summed E-state index contributed by atoms with van der Waals surface area (Å²) in [4.78, 5) is 25.5. The van der Waals surface area contributed by atoms with Crippen molar-refractivity contribution in [2.75, 3.05) is 13.7 Å². The second kappa shape index (κ2) is 6.45. The molecule has 1 fully saturated rings. The van der Waals surface area contributed by atoms with E-state index in [1.807, 2.05) is 0 Å². The number of methoxy groups -OCH3 is 1. The Hall–Kier alpha value is -2.05. The molecule has 0 aliphatic carbocycles. The number of carboxylic acid groups (broad SMARTS) is 1. The molecule has 1 aliphatic rings. The number of benzene rings is 1. The fraction of sp³-hybridized carbons (Fsp3) is 0.412. The predicted molar refractivity (Wildman–Crippen MR) is 88.5 cm³/mol. The molecule has 6 nitrogen and oxygen atoms in total. The number of hydrogen-bond acceptors (Lipinski definition) is 4. The third-order valence-electron chi connectivity index (χ3n) is 4.47. The van der Waals surface area contributed by atoms with Crippen molar-refractivity contribution in [1.29, 1.82) is 0 Å². The highest BCUT2D eigenvalue weighted by Gasteiger charge is 2.38. The van der Waals surface area contributed by atoms with Crippen LogP contribution in [0.2, 0.25) is 5.02 Å². The third kappa shape index (κ3) is 2.99. The average molecular weight is 352 g/mol. The largest absolute Gasteiger partial charge is 0.481 e. The number of aliphatic carboxylic acids is 1. The summed E-state index contributed by atoms with van der Waals surface area (Å²) in [6, 6.07) is 4.77. The van der Waals surface area contributed by atoms with Crippen molar-refractivity contribution in [3.63, 3.8) is 0 Å². The van der Waals surface area contributed by atoms with Gasteiger partial charge in [0, 0.05) is 35.7 Å². The maximum Gasteiger partial charge on any atom is 0.305 e. The van der Waals surface area contributed by atoms with Crippen molar-refractivity contribution in [3.05, 3.63) is 34.5 Å². The van der Waals surface area contributed by atoms with Gasteiger partial charge in [0.25, 0.3) is 5.91 Å². The van der Waals surface area contributed by atoms with Crippen molar-refractivity contribution in [2.45, 2.75) is 31.9 Å². The summed E-state index contributed by atoms with van der Waals surface area (Å²) in [7, 11) is 1.56. The molecule has 7 heteroatoms. The Morgan fingerprint density at radius 2 is 2.21 bits per heavy atom. The maximum absolute atomic E-state index is 12.9. The van der Waals surface area contributed by atoms with Gasteiger partial charge in [-0.1, -0.05) is 11.6 Å². The minimum atomic E-state index is -0.942. The van der Waals surface area contributed by atoms with Crippen LogP contribution in [0.3, 0.4) is 0 Å². The summed E-state index contributed by atoms with van der Waals surface area (Å²) >= 11 is 6.01. The average Bonchev–Trinajstić information content (AvgIpc) is 3.08. The molecule has 1 saturated heterocycles. The van der Waals surface area contributed by atoms with Crippen molar-refractivity contribution >= 4 is 34.4 Å². The van der Waals surface area contributed by atoms with Crippen LogP contribution in [0.1, 0.15) is 29.0 Å². The first-order chi connectivity index (χ1) is 11.4. The van der Waals surface area contributed by atoms with Gasteiger partial charge in [0.2, 0.25) is 0 Å². The van der Waals surface area contributed by atoms with E-state index < -0.39 is 12.0 Å². The molecule has 1 aromatic heterocycles. The normalized spacial score (nSPS) is 20.7. The van der Waals surface area contributed by atoms with Crippen molar-refractivity contribution in [2.24, 2.45) is 0 Å². The van der Waals surface area contributed by atoms with Crippen molar-refractivity contribution < 1.29 is 23.8 Å². The lowest BCUT2D eigenvalue weighted by Crippen LogP contribution is -2.37. The number of hydrogen-bond donors (Lipinski definition) is 1. The van der Waals surface area contributed by atoms with Crippen LogP contribution in [0, 0.1) is 6.92 Å². The number of amides is 1. The van der Waals surface area contributed by atoms with Crippen molar-refractivity contribution in [3.8, 4) is 0 Å². The zero-order valence-electron chi connectivity index (χ0n) is 13.4. The second-order valence-corrected chi connectivity index (χ2v) is 6.44. The molecule has 2 unspecified atom stereocenters. The number of fused-ring (bicyclic) bond motifs is 1. The summed E-state index contributed by atoms with van der Waals surface area (Å²) in [6.45, 7) is 2.15. The first-order valence-electron chi connectivity index (χ1n) is 7.65. The predicted octanol–water partition coefficient (Wildman–Crippen LogP) is 3.10. The lowest BCUT2D eigenvalue weighted by atomic mass is 10.1. The highest BCUT2D eigenvalue weighted by Crippen LogP contribution is 2.31. The number of aryl methyl sites for hydroxylation is 1. The van der Waals surface area contributed by atoms with Gasteiger partial charge in [-0.2, -0.15) is 0 Å². The topological polar surface area (TPSA) is 80.0 Å². The van der Waals surface area contributed by atoms with E-state index in [4.69, 9.17) is 25.9 Å². The Balaban J connectivity index is 1.95. The first-order valence-corrected chi connectivity index (χ1v) is 8.02. The molecule has 1 N–H and O–H groups in total. The van der Waals surface area contributed by atoms with Gasteiger partial charge < -0.3 is 19.2 Å². The molecule has 1 aliphatic heterocycles. The maximum atomic E-state index is 12.9. The van der Waals surface area contributed by atoms with E-state index in [-0.39, 0.29) is 24.2 Å². The number of rotatable bonds is 4. The Bertz CT molecular complexity index is 800. The van der Waals surface area contributed by atoms with E-state index >= 15 is 0 Å². The van der Waals surface area contributed by atoms with Gasteiger partial charge in [0.15, 0.2) is 5.76 Å². The fourth-order valence-corrected chi connectivity index (χ4v) is 3.39. The highest BCUT2D eigenvalue weighted by atomic mass is 35.5. The van der Waals surface area contributed by atoms with Gasteiger partial charge in [-0.3, -0.25) is 9.59 Å². The molecule has 0 saturated carbocycles. The molecular weight excluding hydrogens is 334 g/mol. The lowest BCUT2D eigenvalue weighted by molar-refractivity contribution is -0.138. The highest BCUT2D eigenvalue weighted by molar-refractivity contribution is 6.31. The summed E-state index contributed by atoms with van der Waals surface area (Å²) in [5.41, 5.74) is 1.28. The minimum absolute atomic E-state index is 0.114. The van der Waals surface area contributed by atoms with Gasteiger partial charge in [-0.05, 0) is 31.5 Å². The van der Waals surface area contributed by atoms with E-state index in [0.29, 0.717) is 29.1 Å². The van der Waals surface area contributed by atoms with Crippen LogP contribution in [0.4, 0.5) is 0 Å². The summed E-state index contributed by atoms with van der Waals surface area (Å²) in [5.74, 6) is -1.03. The molecule has 0 spiro atoms. The van der Waals surface area contributed by atoms with E-state index in [1.165, 1.54) is 4.90 Å². The van der Waals surface area contributed by atoms with Crippen LogP contribution in [-0.4, -0.2) is 47.7 Å². The summed E-state index contributed by atoms with van der Waals surface area (Å²) < 4.78 is 11.0. The van der Waals surface area contributed by atoms with Gasteiger partial charge >= 0.3 is 5.97 Å². The van der Waals surface area contributed by atoms with E-state index in [2.05, 4.69) is 0 Å². The van der Waals surface area contributed by atoms with E-state index in [1.54, 1.807) is 32.2 Å². The van der Waals surface area contributed by atoms with Gasteiger partial charge in [0.1, 0.15) is 5.58 Å². The Kier molecular flexibility index (Phi) is 4.51. The second-order valence-electron chi connectivity index (χ2n) is 6.00. The Labute approximate surface area is 143 Å². The number of halogens is 1. The SMILES string of the molecule is COC1CC(CC(=O)O)N(C(=O)c2oc3ccc(Cl)cc3c2C)C1. The molecule has 2 heterocycles. The quantitative estimate of drug-likeness (QED) is 0.915. The van der Waals surface area contributed by atoms with Gasteiger partial charge in [-0.15, -0.1) is 0 Å². The lowest BCUT2D eigenvalue weighted by Gasteiger charge is -2.22. The van der Waals surface area contributed by atoms with Crippen LogP contribution in [0.15, 0.2) is 22.6 Å². The summed E-state index contributed by atoms with van der Waals surface area (Å²) in [6.07, 6.45) is 0.216. The van der Waals surface area contributed by atoms with Crippen LogP contribution in [-0.2, 0) is 9.53 Å². The van der Waals surface area contributed by atoms with Crippen LogP contribution in [0.25, 0.3) is 11.0 Å². The third-order valence-corrected chi connectivity index (χ3v) is 4.71. The van der Waals surface area contributed by atoms with Crippen LogP contribution >= 0.6 is 11.6 Å². The van der Waals surface area contributed by atoms with E-state index in [0.717, 1.165) is 5.39 Å². The summed E-state index contributed by atoms with van der Waals surface area (Å²) in [5, 5.41) is 10.4. The molecule has 0 radical (unpaired) electrons. The Morgan fingerprint density at radius 3 is 2.88 bits per heavy atom. The van der Waals surface area contributed by atoms with Crippen LogP contribution in [0.5, 0.6) is 0 Å². The number of carbonyl (C=O) groups is 2. The number of ether oxygens (including phenoxy) is 1. The zero-order chi connectivity index (χ0) is 17.4. The van der Waals surface area contributed by atoms with Gasteiger partial charge in [-0.25, -0.2) is 0 Å². The minimum Gasteiger partial charge on any atom is -0.481 e. The molecule has 3 rings (SSSR count). The van der Waals surface area contributed by atoms with Crippen LogP contribution < -0.4 is 0 Å². The molecule has 2 aromatic rings. The number of carboxylic acids is 1. The molecule has 24 heavy (non-hydrogen) atoms. The smallest absolute Gasteiger partial charge is 0.305 e. The number of carbonyl (C=O) groups excluding carboxylic acids is 1. The molecule has 1 aromatic carbocycles. The molecule has 128 valence electrons. The number of nitrogens with zero attached hydrogens (tertiary/aromatic N) is 1. The monoisotopic (exact) mass is 351 g/mol. The number of likely N-dealkylation sites (tertiary alicyclic amines) is 1. The first kappa shape index (κ1) is 16.8. The molecule has 1 amide bonds. The fourth-order valence-electron chi connectivity index (χ4n) is 3.22.